The Kier molecular flexibility index (Phi) is 24.5. The summed E-state index contributed by atoms with van der Waals surface area (Å²) in [6.07, 6.45) is 22.0. The molecule has 0 aliphatic rings. The Morgan fingerprint density at radius 1 is 0.588 bits per heavy atom. The summed E-state index contributed by atoms with van der Waals surface area (Å²) in [6.45, 7) is 3.81. The van der Waals surface area contributed by atoms with E-state index in [2.05, 4.69) is 13.8 Å². The van der Waals surface area contributed by atoms with Gasteiger partial charge in [-0.05, 0) is 12.8 Å². The van der Waals surface area contributed by atoms with Gasteiger partial charge in [-0.3, -0.25) is 9.59 Å². The van der Waals surface area contributed by atoms with Crippen LogP contribution in [0.25, 0.3) is 0 Å². The second kappa shape index (κ2) is 25.2. The van der Waals surface area contributed by atoms with Crippen molar-refractivity contribution in [1.82, 2.24) is 0 Å². The molecule has 34 heavy (non-hydrogen) atoms. The highest BCUT2D eigenvalue weighted by atomic mass is 16.6. The quantitative estimate of drug-likeness (QED) is 0.0984. The van der Waals surface area contributed by atoms with E-state index in [1.165, 1.54) is 77.0 Å². The number of hydrogen-bond donors (Lipinski definition) is 2. The third-order valence-corrected chi connectivity index (χ3v) is 6.62. The van der Waals surface area contributed by atoms with E-state index in [1.54, 1.807) is 0 Å². The van der Waals surface area contributed by atoms with E-state index in [0.29, 0.717) is 0 Å². The van der Waals surface area contributed by atoms with E-state index >= 15 is 0 Å². The Balaban J connectivity index is 3.75. The molecule has 2 N–H and O–H groups in total. The monoisotopic (exact) mass is 484 g/mol. The van der Waals surface area contributed by atoms with Gasteiger partial charge in [-0.25, -0.2) is 0 Å². The van der Waals surface area contributed by atoms with Crippen molar-refractivity contribution in [2.24, 2.45) is 0 Å². The van der Waals surface area contributed by atoms with Gasteiger partial charge in [0.1, 0.15) is 6.10 Å². The third kappa shape index (κ3) is 20.4. The SMILES string of the molecule is CCCCCCCCCCCCCCCCCC(=O)OC(C(=O)CCCCCCC)C(O)CO. The molecule has 202 valence electrons. The van der Waals surface area contributed by atoms with Gasteiger partial charge in [0.15, 0.2) is 11.9 Å². The Morgan fingerprint density at radius 3 is 1.32 bits per heavy atom. The summed E-state index contributed by atoms with van der Waals surface area (Å²) in [5.41, 5.74) is 0. The molecule has 0 radical (unpaired) electrons. The second-order valence-electron chi connectivity index (χ2n) is 9.99. The van der Waals surface area contributed by atoms with Crippen molar-refractivity contribution in [3.8, 4) is 0 Å². The van der Waals surface area contributed by atoms with E-state index in [0.717, 1.165) is 51.4 Å². The van der Waals surface area contributed by atoms with Gasteiger partial charge in [0.05, 0.1) is 6.61 Å². The molecule has 5 nitrogen and oxygen atoms in total. The van der Waals surface area contributed by atoms with Gasteiger partial charge in [-0.2, -0.15) is 0 Å². The summed E-state index contributed by atoms with van der Waals surface area (Å²) >= 11 is 0. The molecule has 0 fully saturated rings. The summed E-state index contributed by atoms with van der Waals surface area (Å²) in [5, 5.41) is 19.2. The molecule has 0 aliphatic heterocycles. The minimum Gasteiger partial charge on any atom is -0.451 e. The van der Waals surface area contributed by atoms with Crippen molar-refractivity contribution in [3.05, 3.63) is 0 Å². The molecule has 5 heteroatoms. The molecule has 0 aromatic rings. The first kappa shape index (κ1) is 33.1. The maximum Gasteiger partial charge on any atom is 0.306 e. The Hall–Kier alpha value is -0.940. The smallest absolute Gasteiger partial charge is 0.306 e. The van der Waals surface area contributed by atoms with Crippen LogP contribution in [0, 0.1) is 0 Å². The Morgan fingerprint density at radius 2 is 0.941 bits per heavy atom. The third-order valence-electron chi connectivity index (χ3n) is 6.62. The first-order valence-corrected chi connectivity index (χ1v) is 14.6. The highest BCUT2D eigenvalue weighted by molar-refractivity contribution is 5.86. The first-order valence-electron chi connectivity index (χ1n) is 14.6. The number of aliphatic hydroxyl groups excluding tert-OH is 2. The predicted molar refractivity (Wildman–Crippen MR) is 141 cm³/mol. The van der Waals surface area contributed by atoms with Crippen molar-refractivity contribution >= 4 is 11.8 Å². The summed E-state index contributed by atoms with van der Waals surface area (Å²) < 4.78 is 5.26. The minimum absolute atomic E-state index is 0.261. The van der Waals surface area contributed by atoms with Crippen molar-refractivity contribution in [2.75, 3.05) is 6.61 Å². The summed E-state index contributed by atoms with van der Waals surface area (Å²) in [7, 11) is 0. The van der Waals surface area contributed by atoms with Crippen LogP contribution in [0.1, 0.15) is 155 Å². The molecule has 0 saturated carbocycles. The molecule has 0 heterocycles. The molecule has 0 amide bonds. The van der Waals surface area contributed by atoms with E-state index in [-0.39, 0.29) is 18.6 Å². The number of hydrogen-bond acceptors (Lipinski definition) is 5. The highest BCUT2D eigenvalue weighted by Gasteiger charge is 2.29. The molecule has 0 rings (SSSR count). The van der Waals surface area contributed by atoms with E-state index < -0.39 is 24.8 Å². The lowest BCUT2D eigenvalue weighted by Gasteiger charge is -2.20. The van der Waals surface area contributed by atoms with Crippen LogP contribution in [0.15, 0.2) is 0 Å². The molecule has 2 atom stereocenters. The normalized spacial score (nSPS) is 13.1. The van der Waals surface area contributed by atoms with Gasteiger partial charge < -0.3 is 14.9 Å². The van der Waals surface area contributed by atoms with E-state index in [4.69, 9.17) is 4.74 Å². The largest absolute Gasteiger partial charge is 0.451 e. The van der Waals surface area contributed by atoms with E-state index in [9.17, 15) is 19.8 Å². The van der Waals surface area contributed by atoms with Gasteiger partial charge in [-0.1, -0.05) is 129 Å². The number of ether oxygens (including phenoxy) is 1. The summed E-state index contributed by atoms with van der Waals surface area (Å²) in [6, 6.07) is 0. The van der Waals surface area contributed by atoms with Crippen molar-refractivity contribution in [1.29, 1.82) is 0 Å². The van der Waals surface area contributed by atoms with Crippen LogP contribution in [0.5, 0.6) is 0 Å². The van der Waals surface area contributed by atoms with Gasteiger partial charge in [-0.15, -0.1) is 0 Å². The maximum atomic E-state index is 12.4. The number of esters is 1. The van der Waals surface area contributed by atoms with Gasteiger partial charge in [0.2, 0.25) is 0 Å². The predicted octanol–water partition coefficient (Wildman–Crippen LogP) is 7.44. The molecule has 0 bridgehead atoms. The molecule has 0 spiro atoms. The molecule has 0 aromatic carbocycles. The topological polar surface area (TPSA) is 83.8 Å². The fourth-order valence-electron chi connectivity index (χ4n) is 4.34. The summed E-state index contributed by atoms with van der Waals surface area (Å²) in [4.78, 5) is 24.5. The first-order chi connectivity index (χ1) is 16.6. The Bertz CT molecular complexity index is 465. The van der Waals surface area contributed by atoms with Crippen LogP contribution >= 0.6 is 0 Å². The van der Waals surface area contributed by atoms with Crippen LogP contribution in [-0.4, -0.2) is 40.8 Å². The van der Waals surface area contributed by atoms with Crippen LogP contribution in [0.3, 0.4) is 0 Å². The van der Waals surface area contributed by atoms with Crippen LogP contribution in [0.4, 0.5) is 0 Å². The van der Waals surface area contributed by atoms with Gasteiger partial charge >= 0.3 is 5.97 Å². The molecule has 0 aromatic heterocycles. The zero-order valence-electron chi connectivity index (χ0n) is 22.5. The summed E-state index contributed by atoms with van der Waals surface area (Å²) in [5.74, 6) is -0.741. The lowest BCUT2D eigenvalue weighted by Crippen LogP contribution is -2.40. The van der Waals surface area contributed by atoms with Crippen molar-refractivity contribution < 1.29 is 24.5 Å². The standard InChI is InChI=1S/C29H56O5/c1-3-5-7-9-10-11-12-13-14-15-16-17-18-20-22-24-28(33)34-29(27(32)25-30)26(31)23-21-19-8-6-4-2/h27,29-30,32H,3-25H2,1-2H3. The van der Waals surface area contributed by atoms with Crippen LogP contribution < -0.4 is 0 Å². The highest BCUT2D eigenvalue weighted by Crippen LogP contribution is 2.15. The fraction of sp³-hybridized carbons (Fsp3) is 0.931. The molecular weight excluding hydrogens is 428 g/mol. The number of carbonyl (C=O) groups excluding carboxylic acids is 2. The molecule has 0 aliphatic carbocycles. The minimum atomic E-state index is -1.34. The molecule has 0 saturated heterocycles. The number of unbranched alkanes of at least 4 members (excludes halogenated alkanes) is 18. The van der Waals surface area contributed by atoms with Crippen molar-refractivity contribution in [3.63, 3.8) is 0 Å². The van der Waals surface area contributed by atoms with Crippen LogP contribution in [0.2, 0.25) is 0 Å². The number of rotatable bonds is 26. The number of ketones is 1. The average molecular weight is 485 g/mol. The van der Waals surface area contributed by atoms with Crippen LogP contribution in [-0.2, 0) is 14.3 Å². The molecule has 2 unspecified atom stereocenters. The van der Waals surface area contributed by atoms with Gasteiger partial charge in [0.25, 0.3) is 0 Å². The lowest BCUT2D eigenvalue weighted by molar-refractivity contribution is -0.163. The van der Waals surface area contributed by atoms with Gasteiger partial charge in [0, 0.05) is 12.8 Å². The zero-order chi connectivity index (χ0) is 25.3. The Labute approximate surface area is 210 Å². The maximum absolute atomic E-state index is 12.4. The number of aliphatic hydroxyl groups is 2. The van der Waals surface area contributed by atoms with Crippen molar-refractivity contribution in [2.45, 2.75) is 167 Å². The average Bonchev–Trinajstić information content (AvgIpc) is 2.84. The zero-order valence-corrected chi connectivity index (χ0v) is 22.5. The van der Waals surface area contributed by atoms with E-state index in [1.807, 2.05) is 0 Å². The number of carbonyl (C=O) groups is 2. The lowest BCUT2D eigenvalue weighted by atomic mass is 10.0. The number of Topliss-reactive ketones (excluding diaryl/α,β-unsaturated/α-hetero) is 1. The second-order valence-corrected chi connectivity index (χ2v) is 9.99. The fourth-order valence-corrected chi connectivity index (χ4v) is 4.34. The molecular formula is C29H56O5.